The zero-order valence-electron chi connectivity index (χ0n) is 13.0. The Balaban J connectivity index is 2.06. The van der Waals surface area contributed by atoms with E-state index in [4.69, 9.17) is 11.6 Å². The van der Waals surface area contributed by atoms with Gasteiger partial charge in [0, 0.05) is 23.4 Å². The summed E-state index contributed by atoms with van der Waals surface area (Å²) in [4.78, 5) is 12.4. The Morgan fingerprint density at radius 2 is 1.91 bits per heavy atom. The van der Waals surface area contributed by atoms with Gasteiger partial charge >= 0.3 is 0 Å². The van der Waals surface area contributed by atoms with Gasteiger partial charge in [0.2, 0.25) is 0 Å². The lowest BCUT2D eigenvalue weighted by Gasteiger charge is -2.09. The molecule has 0 aliphatic carbocycles. The maximum atomic E-state index is 12.3. The van der Waals surface area contributed by atoms with Crippen molar-refractivity contribution >= 4 is 27.3 Å². The Hall–Kier alpha value is -1.85. The number of hydrogen-bond acceptors (Lipinski definition) is 3. The summed E-state index contributed by atoms with van der Waals surface area (Å²) in [6.07, 6.45) is 1.77. The predicted molar refractivity (Wildman–Crippen MR) is 91.8 cm³/mol. The molecule has 0 unspecified atom stereocenters. The molecule has 0 bridgehead atoms. The molecule has 1 amide bonds. The second-order valence-corrected chi connectivity index (χ2v) is 7.84. The summed E-state index contributed by atoms with van der Waals surface area (Å²) in [5.74, 6) is -0.282. The monoisotopic (exact) mass is 351 g/mol. The van der Waals surface area contributed by atoms with E-state index < -0.39 is 9.84 Å². The molecule has 0 fully saturated rings. The molecule has 2 aromatic carbocycles. The minimum atomic E-state index is -3.34. The standard InChI is InChI=1S/C17H18ClNO3S/c1-12-6-7-15(23(2,21)22)11-16(12)17(20)19-9-8-13-4-3-5-14(18)10-13/h3-7,10-11H,8-9H2,1-2H3,(H,19,20). The van der Waals surface area contributed by atoms with Crippen molar-refractivity contribution < 1.29 is 13.2 Å². The second kappa shape index (κ2) is 7.15. The minimum absolute atomic E-state index is 0.142. The van der Waals surface area contributed by atoms with Crippen LogP contribution in [0.15, 0.2) is 47.4 Å². The fourth-order valence-corrected chi connectivity index (χ4v) is 3.04. The van der Waals surface area contributed by atoms with Crippen LogP contribution in [-0.2, 0) is 16.3 Å². The molecule has 0 radical (unpaired) electrons. The van der Waals surface area contributed by atoms with Gasteiger partial charge in [0.05, 0.1) is 4.90 Å². The van der Waals surface area contributed by atoms with E-state index >= 15 is 0 Å². The van der Waals surface area contributed by atoms with Gasteiger partial charge in [-0.25, -0.2) is 8.42 Å². The van der Waals surface area contributed by atoms with Gasteiger partial charge in [-0.05, 0) is 48.7 Å². The van der Waals surface area contributed by atoms with E-state index in [0.29, 0.717) is 23.6 Å². The van der Waals surface area contributed by atoms with Crippen LogP contribution in [0.5, 0.6) is 0 Å². The topological polar surface area (TPSA) is 63.2 Å². The van der Waals surface area contributed by atoms with Crippen molar-refractivity contribution in [1.29, 1.82) is 0 Å². The molecule has 0 aromatic heterocycles. The van der Waals surface area contributed by atoms with Crippen LogP contribution in [0.25, 0.3) is 0 Å². The fraction of sp³-hybridized carbons (Fsp3) is 0.235. The average molecular weight is 352 g/mol. The number of aryl methyl sites for hydroxylation is 1. The lowest BCUT2D eigenvalue weighted by atomic mass is 10.1. The Bertz CT molecular complexity index is 831. The zero-order chi connectivity index (χ0) is 17.0. The highest BCUT2D eigenvalue weighted by Gasteiger charge is 2.14. The number of amides is 1. The van der Waals surface area contributed by atoms with E-state index in [1.165, 1.54) is 12.1 Å². The van der Waals surface area contributed by atoms with Gasteiger partial charge in [-0.1, -0.05) is 29.8 Å². The quantitative estimate of drug-likeness (QED) is 0.900. The van der Waals surface area contributed by atoms with Crippen LogP contribution in [-0.4, -0.2) is 27.1 Å². The van der Waals surface area contributed by atoms with Gasteiger partial charge in [0.1, 0.15) is 0 Å². The predicted octanol–water partition coefficient (Wildman–Crippen LogP) is 3.02. The molecule has 122 valence electrons. The molecule has 1 N–H and O–H groups in total. The first-order chi connectivity index (χ1) is 10.8. The molecule has 2 aromatic rings. The molecule has 0 saturated carbocycles. The number of nitrogens with one attached hydrogen (secondary N) is 1. The van der Waals surface area contributed by atoms with Gasteiger partial charge in [0.25, 0.3) is 5.91 Å². The third-order valence-electron chi connectivity index (χ3n) is 3.47. The molecule has 6 heteroatoms. The third-order valence-corrected chi connectivity index (χ3v) is 4.82. The summed E-state index contributed by atoms with van der Waals surface area (Å²) in [5.41, 5.74) is 2.14. The highest BCUT2D eigenvalue weighted by molar-refractivity contribution is 7.90. The van der Waals surface area contributed by atoms with Crippen LogP contribution < -0.4 is 5.32 Å². The highest BCUT2D eigenvalue weighted by atomic mass is 35.5. The molecule has 0 heterocycles. The van der Waals surface area contributed by atoms with Crippen molar-refractivity contribution in [3.63, 3.8) is 0 Å². The number of carbonyl (C=O) groups is 1. The first kappa shape index (κ1) is 17.5. The number of rotatable bonds is 5. The van der Waals surface area contributed by atoms with Crippen molar-refractivity contribution in [1.82, 2.24) is 5.32 Å². The molecule has 0 aliphatic rings. The van der Waals surface area contributed by atoms with Crippen LogP contribution in [0.1, 0.15) is 21.5 Å². The summed E-state index contributed by atoms with van der Waals surface area (Å²) in [7, 11) is -3.34. The number of benzene rings is 2. The van der Waals surface area contributed by atoms with Crippen molar-refractivity contribution in [2.45, 2.75) is 18.2 Å². The second-order valence-electron chi connectivity index (χ2n) is 5.38. The Kier molecular flexibility index (Phi) is 5.44. The third kappa shape index (κ3) is 4.81. The normalized spacial score (nSPS) is 11.3. The fourth-order valence-electron chi connectivity index (χ4n) is 2.18. The van der Waals surface area contributed by atoms with Crippen LogP contribution in [0.4, 0.5) is 0 Å². The van der Waals surface area contributed by atoms with Crippen molar-refractivity contribution in [3.05, 3.63) is 64.2 Å². The zero-order valence-corrected chi connectivity index (χ0v) is 14.5. The van der Waals surface area contributed by atoms with Gasteiger partial charge in [-0.15, -0.1) is 0 Å². The Labute approximate surface area is 141 Å². The van der Waals surface area contributed by atoms with Gasteiger partial charge < -0.3 is 5.32 Å². The average Bonchev–Trinajstić information content (AvgIpc) is 2.46. The van der Waals surface area contributed by atoms with E-state index in [-0.39, 0.29) is 10.8 Å². The van der Waals surface area contributed by atoms with E-state index in [1.54, 1.807) is 19.1 Å². The van der Waals surface area contributed by atoms with E-state index in [2.05, 4.69) is 5.32 Å². The molecule has 0 aliphatic heterocycles. The maximum Gasteiger partial charge on any atom is 0.251 e. The molecule has 0 saturated heterocycles. The SMILES string of the molecule is Cc1ccc(S(C)(=O)=O)cc1C(=O)NCCc1cccc(Cl)c1. The smallest absolute Gasteiger partial charge is 0.251 e. The number of carbonyl (C=O) groups excluding carboxylic acids is 1. The van der Waals surface area contributed by atoms with E-state index in [9.17, 15) is 13.2 Å². The molecule has 0 spiro atoms. The largest absolute Gasteiger partial charge is 0.352 e. The number of sulfone groups is 1. The minimum Gasteiger partial charge on any atom is -0.352 e. The van der Waals surface area contributed by atoms with Crippen molar-refractivity contribution in [3.8, 4) is 0 Å². The summed E-state index contributed by atoms with van der Waals surface area (Å²) in [6, 6.07) is 12.0. The lowest BCUT2D eigenvalue weighted by molar-refractivity contribution is 0.0953. The molecule has 23 heavy (non-hydrogen) atoms. The first-order valence-corrected chi connectivity index (χ1v) is 9.37. The number of halogens is 1. The molecule has 2 rings (SSSR count). The molecular formula is C17H18ClNO3S. The van der Waals surface area contributed by atoms with Gasteiger partial charge in [-0.3, -0.25) is 4.79 Å². The van der Waals surface area contributed by atoms with E-state index in [1.807, 2.05) is 18.2 Å². The maximum absolute atomic E-state index is 12.3. The molecule has 4 nitrogen and oxygen atoms in total. The van der Waals surface area contributed by atoms with Crippen LogP contribution >= 0.6 is 11.6 Å². The van der Waals surface area contributed by atoms with Crippen molar-refractivity contribution in [2.24, 2.45) is 0 Å². The van der Waals surface area contributed by atoms with E-state index in [0.717, 1.165) is 17.4 Å². The van der Waals surface area contributed by atoms with Crippen LogP contribution in [0, 0.1) is 6.92 Å². The first-order valence-electron chi connectivity index (χ1n) is 7.11. The lowest BCUT2D eigenvalue weighted by Crippen LogP contribution is -2.26. The summed E-state index contributed by atoms with van der Waals surface area (Å²) >= 11 is 5.92. The summed E-state index contributed by atoms with van der Waals surface area (Å²) in [5, 5.41) is 3.47. The van der Waals surface area contributed by atoms with Gasteiger partial charge in [0.15, 0.2) is 9.84 Å². The summed E-state index contributed by atoms with van der Waals surface area (Å²) < 4.78 is 23.2. The van der Waals surface area contributed by atoms with Crippen LogP contribution in [0.3, 0.4) is 0 Å². The highest BCUT2D eigenvalue weighted by Crippen LogP contribution is 2.16. The Morgan fingerprint density at radius 1 is 1.17 bits per heavy atom. The Morgan fingerprint density at radius 3 is 2.57 bits per heavy atom. The van der Waals surface area contributed by atoms with Crippen LogP contribution in [0.2, 0.25) is 5.02 Å². The summed E-state index contributed by atoms with van der Waals surface area (Å²) in [6.45, 7) is 2.22. The number of hydrogen-bond donors (Lipinski definition) is 1. The van der Waals surface area contributed by atoms with Gasteiger partial charge in [-0.2, -0.15) is 0 Å². The molecule has 0 atom stereocenters. The molecular weight excluding hydrogens is 334 g/mol. The van der Waals surface area contributed by atoms with Crippen molar-refractivity contribution in [2.75, 3.05) is 12.8 Å².